The summed E-state index contributed by atoms with van der Waals surface area (Å²) in [5.41, 5.74) is 3.49. The number of aromatic nitrogens is 1. The van der Waals surface area contributed by atoms with E-state index in [1.54, 1.807) is 47.8 Å². The van der Waals surface area contributed by atoms with Crippen molar-refractivity contribution in [2.24, 2.45) is 0 Å². The molecule has 2 heterocycles. The molecule has 5 rings (SSSR count). The smallest absolute Gasteiger partial charge is 0.275 e. The van der Waals surface area contributed by atoms with Crippen LogP contribution in [0.25, 0.3) is 10.6 Å². The first-order valence-corrected chi connectivity index (χ1v) is 11.1. The van der Waals surface area contributed by atoms with E-state index in [0.717, 1.165) is 10.6 Å². The van der Waals surface area contributed by atoms with Crippen molar-refractivity contribution in [1.29, 1.82) is 0 Å². The minimum atomic E-state index is -0.325. The number of para-hydroxylation sites is 2. The quantitative estimate of drug-likeness (QED) is 0.469. The molecule has 3 aromatic carbocycles. The fraction of sp³-hybridized carbons (Fsp3) is 0.0400. The molecule has 0 atom stereocenters. The summed E-state index contributed by atoms with van der Waals surface area (Å²) >= 11 is 1.40. The van der Waals surface area contributed by atoms with Crippen LogP contribution in [-0.2, 0) is 4.79 Å². The van der Waals surface area contributed by atoms with Crippen LogP contribution in [0.2, 0.25) is 0 Å². The SMILES string of the molecule is O=C1CN(C(=O)c2ccc(NC(=O)c3csc(-c4ccccc4)n3)cc2)c2ccccc2N1. The van der Waals surface area contributed by atoms with Crippen molar-refractivity contribution in [3.05, 3.63) is 95.5 Å². The van der Waals surface area contributed by atoms with E-state index in [4.69, 9.17) is 0 Å². The number of anilines is 3. The number of amides is 3. The van der Waals surface area contributed by atoms with Gasteiger partial charge in [0.15, 0.2) is 0 Å². The summed E-state index contributed by atoms with van der Waals surface area (Å²) in [5, 5.41) is 8.06. The Kier molecular flexibility index (Phi) is 5.42. The van der Waals surface area contributed by atoms with Gasteiger partial charge in [0, 0.05) is 22.2 Å². The van der Waals surface area contributed by atoms with Gasteiger partial charge < -0.3 is 10.6 Å². The zero-order valence-electron chi connectivity index (χ0n) is 17.3. The number of carbonyl (C=O) groups excluding carboxylic acids is 3. The van der Waals surface area contributed by atoms with E-state index in [1.807, 2.05) is 36.4 Å². The number of rotatable bonds is 4. The minimum absolute atomic E-state index is 0.0537. The highest BCUT2D eigenvalue weighted by Crippen LogP contribution is 2.30. The first kappa shape index (κ1) is 20.6. The van der Waals surface area contributed by atoms with E-state index in [2.05, 4.69) is 15.6 Å². The van der Waals surface area contributed by atoms with Crippen LogP contribution in [-0.4, -0.2) is 29.3 Å². The molecule has 0 saturated heterocycles. The number of thiazole rings is 1. The van der Waals surface area contributed by atoms with Crippen molar-refractivity contribution in [3.63, 3.8) is 0 Å². The molecule has 8 heteroatoms. The first-order valence-electron chi connectivity index (χ1n) is 10.2. The van der Waals surface area contributed by atoms with Crippen molar-refractivity contribution in [2.75, 3.05) is 22.1 Å². The van der Waals surface area contributed by atoms with Crippen molar-refractivity contribution in [1.82, 2.24) is 4.98 Å². The molecule has 162 valence electrons. The highest BCUT2D eigenvalue weighted by Gasteiger charge is 2.27. The van der Waals surface area contributed by atoms with Crippen molar-refractivity contribution < 1.29 is 14.4 Å². The second-order valence-corrected chi connectivity index (χ2v) is 8.25. The van der Waals surface area contributed by atoms with Gasteiger partial charge in [-0.2, -0.15) is 0 Å². The predicted molar refractivity (Wildman–Crippen MR) is 129 cm³/mol. The van der Waals surface area contributed by atoms with Gasteiger partial charge in [0.25, 0.3) is 11.8 Å². The van der Waals surface area contributed by atoms with Crippen LogP contribution in [0.4, 0.5) is 17.1 Å². The van der Waals surface area contributed by atoms with Gasteiger partial charge in [-0.1, -0.05) is 42.5 Å². The van der Waals surface area contributed by atoms with Gasteiger partial charge >= 0.3 is 0 Å². The molecule has 0 radical (unpaired) electrons. The number of carbonyl (C=O) groups is 3. The number of nitrogens with one attached hydrogen (secondary N) is 2. The van der Waals surface area contributed by atoms with E-state index in [1.165, 1.54) is 16.2 Å². The Labute approximate surface area is 193 Å². The van der Waals surface area contributed by atoms with E-state index in [-0.39, 0.29) is 24.3 Å². The van der Waals surface area contributed by atoms with Gasteiger partial charge in [0.05, 0.1) is 11.4 Å². The average molecular weight is 455 g/mol. The summed E-state index contributed by atoms with van der Waals surface area (Å²) in [6, 6.07) is 23.4. The minimum Gasteiger partial charge on any atom is -0.323 e. The maximum Gasteiger partial charge on any atom is 0.275 e. The summed E-state index contributed by atoms with van der Waals surface area (Å²) in [4.78, 5) is 43.5. The van der Waals surface area contributed by atoms with Crippen LogP contribution in [0.5, 0.6) is 0 Å². The molecule has 33 heavy (non-hydrogen) atoms. The molecule has 0 fully saturated rings. The largest absolute Gasteiger partial charge is 0.323 e. The summed E-state index contributed by atoms with van der Waals surface area (Å²) in [7, 11) is 0. The van der Waals surface area contributed by atoms with Gasteiger partial charge in [-0.05, 0) is 36.4 Å². The molecule has 1 aliphatic rings. The lowest BCUT2D eigenvalue weighted by atomic mass is 10.1. The van der Waals surface area contributed by atoms with Crippen LogP contribution in [0.1, 0.15) is 20.8 Å². The lowest BCUT2D eigenvalue weighted by Gasteiger charge is -2.29. The molecule has 3 amide bonds. The third kappa shape index (κ3) is 4.24. The molecule has 7 nitrogen and oxygen atoms in total. The van der Waals surface area contributed by atoms with Crippen LogP contribution >= 0.6 is 11.3 Å². The Hall–Kier alpha value is -4.30. The lowest BCUT2D eigenvalue weighted by molar-refractivity contribution is -0.115. The highest BCUT2D eigenvalue weighted by molar-refractivity contribution is 7.13. The van der Waals surface area contributed by atoms with Crippen molar-refractivity contribution >= 4 is 46.1 Å². The van der Waals surface area contributed by atoms with Gasteiger partial charge in [-0.25, -0.2) is 4.98 Å². The maximum atomic E-state index is 13.1. The van der Waals surface area contributed by atoms with Crippen LogP contribution in [0.15, 0.2) is 84.2 Å². The first-order chi connectivity index (χ1) is 16.1. The molecule has 0 unspecified atom stereocenters. The summed E-state index contributed by atoms with van der Waals surface area (Å²) < 4.78 is 0. The second-order valence-electron chi connectivity index (χ2n) is 7.39. The third-order valence-electron chi connectivity index (χ3n) is 5.16. The topological polar surface area (TPSA) is 91.4 Å². The summed E-state index contributed by atoms with van der Waals surface area (Å²) in [6.07, 6.45) is 0. The van der Waals surface area contributed by atoms with Crippen LogP contribution in [0.3, 0.4) is 0 Å². The zero-order valence-corrected chi connectivity index (χ0v) is 18.1. The summed E-state index contributed by atoms with van der Waals surface area (Å²) in [5.74, 6) is -0.861. The molecular weight excluding hydrogens is 436 g/mol. The normalized spacial score (nSPS) is 12.6. The highest BCUT2D eigenvalue weighted by atomic mass is 32.1. The van der Waals surface area contributed by atoms with Gasteiger partial charge in [-0.3, -0.25) is 19.3 Å². The van der Waals surface area contributed by atoms with Crippen molar-refractivity contribution in [2.45, 2.75) is 0 Å². The molecule has 1 aliphatic heterocycles. The van der Waals surface area contributed by atoms with E-state index < -0.39 is 0 Å². The van der Waals surface area contributed by atoms with Crippen LogP contribution in [0, 0.1) is 0 Å². The second kappa shape index (κ2) is 8.68. The molecular formula is C25H18N4O3S. The molecule has 0 aliphatic carbocycles. The molecule has 1 aromatic heterocycles. The van der Waals surface area contributed by atoms with E-state index in [0.29, 0.717) is 28.3 Å². The predicted octanol–water partition coefficient (Wildman–Crippen LogP) is 4.66. The Morgan fingerprint density at radius 3 is 2.45 bits per heavy atom. The average Bonchev–Trinajstić information content (AvgIpc) is 3.35. The Morgan fingerprint density at radius 1 is 0.939 bits per heavy atom. The lowest BCUT2D eigenvalue weighted by Crippen LogP contribution is -2.42. The third-order valence-corrected chi connectivity index (χ3v) is 6.05. The van der Waals surface area contributed by atoms with E-state index >= 15 is 0 Å². The van der Waals surface area contributed by atoms with Gasteiger partial charge in [-0.15, -0.1) is 11.3 Å². The Balaban J connectivity index is 1.29. The Morgan fingerprint density at radius 2 is 1.67 bits per heavy atom. The maximum absolute atomic E-state index is 13.1. The molecule has 0 spiro atoms. The fourth-order valence-electron chi connectivity index (χ4n) is 3.55. The zero-order chi connectivity index (χ0) is 22.8. The van der Waals surface area contributed by atoms with E-state index in [9.17, 15) is 14.4 Å². The number of hydrogen-bond acceptors (Lipinski definition) is 5. The fourth-order valence-corrected chi connectivity index (χ4v) is 4.36. The number of nitrogens with zero attached hydrogens (tertiary/aromatic N) is 2. The van der Waals surface area contributed by atoms with Crippen molar-refractivity contribution in [3.8, 4) is 10.6 Å². The van der Waals surface area contributed by atoms with Gasteiger partial charge in [0.1, 0.15) is 17.2 Å². The van der Waals surface area contributed by atoms with Crippen LogP contribution < -0.4 is 15.5 Å². The number of fused-ring (bicyclic) bond motifs is 1. The molecule has 0 saturated carbocycles. The molecule has 4 aromatic rings. The molecule has 2 N–H and O–H groups in total. The number of hydrogen-bond donors (Lipinski definition) is 2. The van der Waals surface area contributed by atoms with Gasteiger partial charge in [0.2, 0.25) is 5.91 Å². The monoisotopic (exact) mass is 454 g/mol. The standard InChI is InChI=1S/C25H18N4O3S/c30-22-14-29(21-9-5-4-8-19(21)27-22)25(32)17-10-12-18(13-11-17)26-23(31)20-15-33-24(28-20)16-6-2-1-3-7-16/h1-13,15H,14H2,(H,26,31)(H,27,30). The Bertz CT molecular complexity index is 1350. The molecule has 0 bridgehead atoms. The summed E-state index contributed by atoms with van der Waals surface area (Å²) in [6.45, 7) is -0.0537. The number of benzene rings is 3.